The number of rotatable bonds is 2. The molecule has 0 aliphatic carbocycles. The van der Waals surface area contributed by atoms with E-state index in [-0.39, 0.29) is 6.07 Å². The quantitative estimate of drug-likeness (QED) is 0.622. The van der Waals surface area contributed by atoms with Crippen LogP contribution < -0.4 is 4.74 Å². The molecule has 0 N–H and O–H groups in total. The number of aromatic nitrogens is 1. The lowest BCUT2D eigenvalue weighted by molar-refractivity contribution is -0.150. The number of halogens is 6. The number of carbonyl (C=O) groups excluding carboxylic acids is 1. The average Bonchev–Trinajstić information content (AvgIpc) is 2.33. The van der Waals surface area contributed by atoms with E-state index < -0.39 is 41.0 Å². The second-order valence-corrected chi connectivity index (χ2v) is 3.42. The summed E-state index contributed by atoms with van der Waals surface area (Å²) < 4.78 is 84.2. The Kier molecular flexibility index (Phi) is 4.15. The fourth-order valence-electron chi connectivity index (χ4n) is 1.33. The number of ether oxygens (including phenoxy) is 2. The molecule has 1 rings (SSSR count). The SMILES string of the molecule is COC(=O)c1c(OC)cc(C(F)(F)F)nc1C(F)(F)F. The van der Waals surface area contributed by atoms with Gasteiger partial charge in [0.15, 0.2) is 5.69 Å². The molecule has 0 saturated heterocycles. The van der Waals surface area contributed by atoms with Crippen molar-refractivity contribution in [1.82, 2.24) is 4.98 Å². The van der Waals surface area contributed by atoms with E-state index in [9.17, 15) is 31.1 Å². The van der Waals surface area contributed by atoms with Gasteiger partial charge >= 0.3 is 18.3 Å². The van der Waals surface area contributed by atoms with Crippen LogP contribution in [0.25, 0.3) is 0 Å². The summed E-state index contributed by atoms with van der Waals surface area (Å²) >= 11 is 0. The lowest BCUT2D eigenvalue weighted by Crippen LogP contribution is -2.21. The molecule has 1 aromatic heterocycles. The van der Waals surface area contributed by atoms with E-state index in [1.807, 2.05) is 0 Å². The Morgan fingerprint density at radius 1 is 1.10 bits per heavy atom. The van der Waals surface area contributed by atoms with Crippen molar-refractivity contribution in [3.63, 3.8) is 0 Å². The highest BCUT2D eigenvalue weighted by atomic mass is 19.4. The molecular weight excluding hydrogens is 296 g/mol. The van der Waals surface area contributed by atoms with Gasteiger partial charge < -0.3 is 9.47 Å². The third-order valence-corrected chi connectivity index (χ3v) is 2.15. The Morgan fingerprint density at radius 3 is 2.00 bits per heavy atom. The van der Waals surface area contributed by atoms with Crippen molar-refractivity contribution in [2.45, 2.75) is 12.4 Å². The van der Waals surface area contributed by atoms with E-state index in [1.165, 1.54) is 0 Å². The monoisotopic (exact) mass is 303 g/mol. The first-order valence-corrected chi connectivity index (χ1v) is 4.84. The van der Waals surface area contributed by atoms with E-state index in [0.717, 1.165) is 14.2 Å². The molecule has 112 valence electrons. The number of hydrogen-bond donors (Lipinski definition) is 0. The van der Waals surface area contributed by atoms with Crippen LogP contribution in [0.2, 0.25) is 0 Å². The number of carbonyl (C=O) groups is 1. The largest absolute Gasteiger partial charge is 0.496 e. The van der Waals surface area contributed by atoms with Gasteiger partial charge in [0.05, 0.1) is 14.2 Å². The summed E-state index contributed by atoms with van der Waals surface area (Å²) in [5.41, 5.74) is -5.05. The highest BCUT2D eigenvalue weighted by Crippen LogP contribution is 2.39. The summed E-state index contributed by atoms with van der Waals surface area (Å²) in [5.74, 6) is -2.43. The van der Waals surface area contributed by atoms with E-state index in [0.29, 0.717) is 0 Å². The van der Waals surface area contributed by atoms with E-state index in [4.69, 9.17) is 0 Å². The van der Waals surface area contributed by atoms with Crippen molar-refractivity contribution < 1.29 is 40.6 Å². The molecule has 0 amide bonds. The third-order valence-electron chi connectivity index (χ3n) is 2.15. The Morgan fingerprint density at radius 2 is 1.65 bits per heavy atom. The standard InChI is InChI=1S/C10H7F6NO3/c1-19-4-3-5(9(11,12)13)17-7(10(14,15)16)6(4)8(18)20-2/h3H,1-2H3. The number of methoxy groups -OCH3 is 2. The minimum atomic E-state index is -5.28. The Bertz CT molecular complexity index is 523. The summed E-state index contributed by atoms with van der Waals surface area (Å²) in [6.45, 7) is 0. The smallest absolute Gasteiger partial charge is 0.434 e. The zero-order valence-electron chi connectivity index (χ0n) is 10.0. The average molecular weight is 303 g/mol. The van der Waals surface area contributed by atoms with Gasteiger partial charge in [-0.3, -0.25) is 0 Å². The van der Waals surface area contributed by atoms with Crippen LogP contribution in [-0.4, -0.2) is 25.2 Å². The topological polar surface area (TPSA) is 48.4 Å². The van der Waals surface area contributed by atoms with Gasteiger partial charge in [0.2, 0.25) is 0 Å². The van der Waals surface area contributed by atoms with Gasteiger partial charge in [-0.1, -0.05) is 0 Å². The first-order valence-electron chi connectivity index (χ1n) is 4.84. The molecule has 0 atom stereocenters. The normalized spacial score (nSPS) is 12.2. The van der Waals surface area contributed by atoms with Crippen molar-refractivity contribution in [1.29, 1.82) is 0 Å². The third kappa shape index (κ3) is 3.11. The number of pyridine rings is 1. The minimum Gasteiger partial charge on any atom is -0.496 e. The molecule has 1 heterocycles. The fraction of sp³-hybridized carbons (Fsp3) is 0.400. The predicted octanol–water partition coefficient (Wildman–Crippen LogP) is 2.91. The molecule has 4 nitrogen and oxygen atoms in total. The van der Waals surface area contributed by atoms with Gasteiger partial charge in [0.1, 0.15) is 17.0 Å². The summed E-state index contributed by atoms with van der Waals surface area (Å²) in [4.78, 5) is 13.8. The van der Waals surface area contributed by atoms with Gasteiger partial charge in [0, 0.05) is 6.07 Å². The summed E-state index contributed by atoms with van der Waals surface area (Å²) in [5, 5.41) is 0. The number of nitrogens with zero attached hydrogens (tertiary/aromatic N) is 1. The summed E-state index contributed by atoms with van der Waals surface area (Å²) in [6.07, 6.45) is -10.4. The van der Waals surface area contributed by atoms with Gasteiger partial charge in [-0.05, 0) is 0 Å². The van der Waals surface area contributed by atoms with Crippen molar-refractivity contribution in [2.75, 3.05) is 14.2 Å². The maximum Gasteiger partial charge on any atom is 0.434 e. The van der Waals surface area contributed by atoms with Crippen LogP contribution in [0.4, 0.5) is 26.3 Å². The molecule has 1 aromatic rings. The second-order valence-electron chi connectivity index (χ2n) is 3.42. The molecule has 0 aliphatic heterocycles. The van der Waals surface area contributed by atoms with E-state index >= 15 is 0 Å². The molecule has 0 radical (unpaired) electrons. The van der Waals surface area contributed by atoms with Crippen LogP contribution in [0.1, 0.15) is 21.7 Å². The molecule has 0 aromatic carbocycles. The molecule has 0 saturated carbocycles. The van der Waals surface area contributed by atoms with Crippen LogP contribution in [0.5, 0.6) is 5.75 Å². The van der Waals surface area contributed by atoms with Crippen LogP contribution in [0.3, 0.4) is 0 Å². The van der Waals surface area contributed by atoms with Crippen molar-refractivity contribution in [3.8, 4) is 5.75 Å². The van der Waals surface area contributed by atoms with Crippen molar-refractivity contribution in [3.05, 3.63) is 23.0 Å². The van der Waals surface area contributed by atoms with E-state index in [1.54, 1.807) is 0 Å². The zero-order valence-corrected chi connectivity index (χ0v) is 10.0. The molecule has 20 heavy (non-hydrogen) atoms. The molecule has 0 bridgehead atoms. The fourth-order valence-corrected chi connectivity index (χ4v) is 1.33. The lowest BCUT2D eigenvalue weighted by Gasteiger charge is -2.16. The van der Waals surface area contributed by atoms with Crippen LogP contribution >= 0.6 is 0 Å². The van der Waals surface area contributed by atoms with E-state index in [2.05, 4.69) is 14.5 Å². The summed E-state index contributed by atoms with van der Waals surface area (Å²) in [6, 6.07) is 0.196. The molecular formula is C10H7F6NO3. The van der Waals surface area contributed by atoms with Crippen LogP contribution in [-0.2, 0) is 17.1 Å². The second kappa shape index (κ2) is 5.17. The van der Waals surface area contributed by atoms with Crippen LogP contribution in [0.15, 0.2) is 6.07 Å². The lowest BCUT2D eigenvalue weighted by atomic mass is 10.1. The maximum atomic E-state index is 12.7. The molecule has 0 fully saturated rings. The summed E-state index contributed by atoms with van der Waals surface area (Å²) in [7, 11) is 1.60. The number of alkyl halides is 6. The van der Waals surface area contributed by atoms with Crippen molar-refractivity contribution in [2.24, 2.45) is 0 Å². The van der Waals surface area contributed by atoms with Gasteiger partial charge in [-0.25, -0.2) is 9.78 Å². The predicted molar refractivity (Wildman–Crippen MR) is 52.1 cm³/mol. The minimum absolute atomic E-state index is 0.196. The highest BCUT2D eigenvalue weighted by molar-refractivity contribution is 5.94. The maximum absolute atomic E-state index is 12.7. The Balaban J connectivity index is 3.70. The Labute approximate surface area is 108 Å². The van der Waals surface area contributed by atoms with Gasteiger partial charge in [-0.2, -0.15) is 26.3 Å². The molecule has 0 unspecified atom stereocenters. The number of hydrogen-bond acceptors (Lipinski definition) is 4. The first kappa shape index (κ1) is 16.1. The van der Waals surface area contributed by atoms with Gasteiger partial charge in [0.25, 0.3) is 0 Å². The number of esters is 1. The highest BCUT2D eigenvalue weighted by Gasteiger charge is 2.43. The zero-order chi connectivity index (χ0) is 15.7. The Hall–Kier alpha value is -2.00. The molecule has 0 spiro atoms. The van der Waals surface area contributed by atoms with Crippen molar-refractivity contribution >= 4 is 5.97 Å². The molecule has 0 aliphatic rings. The van der Waals surface area contributed by atoms with Crippen LogP contribution in [0, 0.1) is 0 Å². The first-order chi connectivity index (χ1) is 9.02. The molecule has 10 heteroatoms. The van der Waals surface area contributed by atoms with Gasteiger partial charge in [-0.15, -0.1) is 0 Å².